The monoisotopic (exact) mass is 361 g/mol. The van der Waals surface area contributed by atoms with Crippen molar-refractivity contribution in [3.05, 3.63) is 48.3 Å². The molecule has 1 aromatic carbocycles. The average molecular weight is 361 g/mol. The highest BCUT2D eigenvalue weighted by Gasteiger charge is 2.29. The van der Waals surface area contributed by atoms with E-state index in [1.807, 2.05) is 4.90 Å². The standard InChI is InChI=1S/C16H19N5O3S/c1-17-15(22)13-3-5-14(6-4-13)25(23,24)21-11-9-20(10-12-21)16-18-7-2-8-19-16/h2-8H,9-12H2,1H3,(H,17,22). The molecule has 1 saturated heterocycles. The van der Waals surface area contributed by atoms with Crippen molar-refractivity contribution in [1.82, 2.24) is 19.6 Å². The van der Waals surface area contributed by atoms with Gasteiger partial charge in [-0.3, -0.25) is 4.79 Å². The van der Waals surface area contributed by atoms with Gasteiger partial charge in [0.25, 0.3) is 5.91 Å². The molecule has 1 amide bonds. The minimum absolute atomic E-state index is 0.185. The third kappa shape index (κ3) is 3.62. The van der Waals surface area contributed by atoms with Crippen LogP contribution in [-0.2, 0) is 10.0 Å². The number of piperazine rings is 1. The van der Waals surface area contributed by atoms with Crippen LogP contribution in [0.25, 0.3) is 0 Å². The van der Waals surface area contributed by atoms with Crippen molar-refractivity contribution in [3.63, 3.8) is 0 Å². The summed E-state index contributed by atoms with van der Waals surface area (Å²) in [6, 6.07) is 7.70. The second-order valence-electron chi connectivity index (χ2n) is 5.54. The molecule has 132 valence electrons. The Morgan fingerprint density at radius 3 is 2.20 bits per heavy atom. The molecule has 3 rings (SSSR count). The molecule has 2 aromatic rings. The molecule has 0 unspecified atom stereocenters. The molecule has 1 aliphatic rings. The number of nitrogens with one attached hydrogen (secondary N) is 1. The number of rotatable bonds is 4. The second kappa shape index (κ2) is 7.16. The van der Waals surface area contributed by atoms with Gasteiger partial charge in [0.1, 0.15) is 0 Å². The van der Waals surface area contributed by atoms with Gasteiger partial charge >= 0.3 is 0 Å². The van der Waals surface area contributed by atoms with Crippen molar-refractivity contribution < 1.29 is 13.2 Å². The van der Waals surface area contributed by atoms with Crippen molar-refractivity contribution in [2.45, 2.75) is 4.90 Å². The van der Waals surface area contributed by atoms with Crippen LogP contribution in [0.1, 0.15) is 10.4 Å². The highest BCUT2D eigenvalue weighted by atomic mass is 32.2. The number of anilines is 1. The molecule has 25 heavy (non-hydrogen) atoms. The molecule has 8 nitrogen and oxygen atoms in total. The first-order valence-electron chi connectivity index (χ1n) is 7.86. The third-order valence-corrected chi connectivity index (χ3v) is 5.97. The first kappa shape index (κ1) is 17.3. The van der Waals surface area contributed by atoms with E-state index >= 15 is 0 Å². The van der Waals surface area contributed by atoms with Gasteiger partial charge in [0, 0.05) is 51.2 Å². The lowest BCUT2D eigenvalue weighted by molar-refractivity contribution is 0.0963. The Bertz CT molecular complexity index is 832. The molecule has 1 aliphatic heterocycles. The summed E-state index contributed by atoms with van der Waals surface area (Å²) in [7, 11) is -2.05. The fraction of sp³-hybridized carbons (Fsp3) is 0.312. The van der Waals surface area contributed by atoms with E-state index in [1.165, 1.54) is 35.6 Å². The number of hydrogen-bond acceptors (Lipinski definition) is 6. The van der Waals surface area contributed by atoms with Gasteiger partial charge in [-0.1, -0.05) is 0 Å². The van der Waals surface area contributed by atoms with E-state index < -0.39 is 10.0 Å². The maximum Gasteiger partial charge on any atom is 0.251 e. The predicted octanol–water partition coefficient (Wildman–Crippen LogP) is 0.347. The molecule has 2 heterocycles. The summed E-state index contributed by atoms with van der Waals surface area (Å²) in [5, 5.41) is 2.51. The van der Waals surface area contributed by atoms with Crippen LogP contribution in [0.4, 0.5) is 5.95 Å². The number of hydrogen-bond donors (Lipinski definition) is 1. The Balaban J connectivity index is 1.70. The van der Waals surface area contributed by atoms with Crippen molar-refractivity contribution in [2.75, 3.05) is 38.1 Å². The van der Waals surface area contributed by atoms with E-state index in [9.17, 15) is 13.2 Å². The highest BCUT2D eigenvalue weighted by molar-refractivity contribution is 7.89. The van der Waals surface area contributed by atoms with Crippen molar-refractivity contribution >= 4 is 21.9 Å². The molecular formula is C16H19N5O3S. The Kier molecular flexibility index (Phi) is 4.95. The number of benzene rings is 1. The number of carbonyl (C=O) groups excluding carboxylic acids is 1. The molecule has 0 saturated carbocycles. The van der Waals surface area contributed by atoms with Crippen LogP contribution in [0.15, 0.2) is 47.6 Å². The highest BCUT2D eigenvalue weighted by Crippen LogP contribution is 2.19. The zero-order chi connectivity index (χ0) is 17.9. The molecule has 0 bridgehead atoms. The third-order valence-electron chi connectivity index (χ3n) is 4.05. The molecule has 9 heteroatoms. The predicted molar refractivity (Wildman–Crippen MR) is 92.8 cm³/mol. The Labute approximate surface area is 146 Å². The number of amides is 1. The topological polar surface area (TPSA) is 95.5 Å². The summed E-state index contributed by atoms with van der Waals surface area (Å²) in [5.41, 5.74) is 0.424. The van der Waals surface area contributed by atoms with Gasteiger partial charge in [-0.05, 0) is 30.3 Å². The van der Waals surface area contributed by atoms with Gasteiger partial charge in [-0.15, -0.1) is 0 Å². The van der Waals surface area contributed by atoms with Gasteiger partial charge in [-0.2, -0.15) is 4.31 Å². The maximum absolute atomic E-state index is 12.8. The van der Waals surface area contributed by atoms with Crippen molar-refractivity contribution in [1.29, 1.82) is 0 Å². The van der Waals surface area contributed by atoms with Crippen LogP contribution >= 0.6 is 0 Å². The Morgan fingerprint density at radius 2 is 1.64 bits per heavy atom. The smallest absolute Gasteiger partial charge is 0.251 e. The van der Waals surface area contributed by atoms with Gasteiger partial charge in [-0.25, -0.2) is 18.4 Å². The van der Waals surface area contributed by atoms with Gasteiger partial charge in [0.15, 0.2) is 0 Å². The van der Waals surface area contributed by atoms with E-state index in [0.29, 0.717) is 37.7 Å². The van der Waals surface area contributed by atoms with Crippen molar-refractivity contribution in [2.24, 2.45) is 0 Å². The first-order chi connectivity index (χ1) is 12.0. The molecule has 1 aromatic heterocycles. The van der Waals surface area contributed by atoms with Crippen LogP contribution in [0.3, 0.4) is 0 Å². The summed E-state index contributed by atoms with van der Waals surface area (Å²) in [5.74, 6) is 0.356. The minimum Gasteiger partial charge on any atom is -0.355 e. The first-order valence-corrected chi connectivity index (χ1v) is 9.30. The van der Waals surface area contributed by atoms with Crippen LogP contribution in [0, 0.1) is 0 Å². The zero-order valence-corrected chi connectivity index (χ0v) is 14.6. The molecular weight excluding hydrogens is 342 g/mol. The average Bonchev–Trinajstić information content (AvgIpc) is 2.68. The van der Waals surface area contributed by atoms with Crippen LogP contribution in [-0.4, -0.2) is 61.8 Å². The molecule has 0 aliphatic carbocycles. The molecule has 0 atom stereocenters. The molecule has 1 N–H and O–H groups in total. The number of nitrogens with zero attached hydrogens (tertiary/aromatic N) is 4. The summed E-state index contributed by atoms with van der Waals surface area (Å²) in [6.45, 7) is 1.77. The van der Waals surface area contributed by atoms with E-state index in [0.717, 1.165) is 0 Å². The Morgan fingerprint density at radius 1 is 1.04 bits per heavy atom. The molecule has 0 radical (unpaired) electrons. The molecule has 1 fully saturated rings. The van der Waals surface area contributed by atoms with Crippen LogP contribution in [0.5, 0.6) is 0 Å². The Hall–Kier alpha value is -2.52. The maximum atomic E-state index is 12.8. The molecule has 0 spiro atoms. The lowest BCUT2D eigenvalue weighted by atomic mass is 10.2. The quantitative estimate of drug-likeness (QED) is 0.844. The van der Waals surface area contributed by atoms with Crippen LogP contribution in [0.2, 0.25) is 0 Å². The fourth-order valence-electron chi connectivity index (χ4n) is 2.65. The lowest BCUT2D eigenvalue weighted by Crippen LogP contribution is -2.49. The summed E-state index contributed by atoms with van der Waals surface area (Å²) in [6.07, 6.45) is 3.33. The fourth-order valence-corrected chi connectivity index (χ4v) is 4.08. The van der Waals surface area contributed by atoms with E-state index in [4.69, 9.17) is 0 Å². The van der Waals surface area contributed by atoms with Crippen LogP contribution < -0.4 is 10.2 Å². The van der Waals surface area contributed by atoms with Gasteiger partial charge in [0.05, 0.1) is 4.90 Å². The largest absolute Gasteiger partial charge is 0.355 e. The zero-order valence-electron chi connectivity index (χ0n) is 13.8. The SMILES string of the molecule is CNC(=O)c1ccc(S(=O)(=O)N2CCN(c3ncccn3)CC2)cc1. The summed E-state index contributed by atoms with van der Waals surface area (Å²) in [4.78, 5) is 22.1. The normalized spacial score (nSPS) is 15.8. The number of sulfonamides is 1. The van der Waals surface area contributed by atoms with Crippen molar-refractivity contribution in [3.8, 4) is 0 Å². The van der Waals surface area contributed by atoms with E-state index in [2.05, 4.69) is 15.3 Å². The second-order valence-corrected chi connectivity index (χ2v) is 7.48. The van der Waals surface area contributed by atoms with Gasteiger partial charge in [0.2, 0.25) is 16.0 Å². The lowest BCUT2D eigenvalue weighted by Gasteiger charge is -2.33. The van der Waals surface area contributed by atoms with E-state index in [1.54, 1.807) is 18.5 Å². The van der Waals surface area contributed by atoms with E-state index in [-0.39, 0.29) is 10.8 Å². The number of carbonyl (C=O) groups is 1. The summed E-state index contributed by atoms with van der Waals surface area (Å²) < 4.78 is 27.0. The van der Waals surface area contributed by atoms with Gasteiger partial charge < -0.3 is 10.2 Å². The minimum atomic E-state index is -3.58. The summed E-state index contributed by atoms with van der Waals surface area (Å²) >= 11 is 0. The number of aromatic nitrogens is 2.